The van der Waals surface area contributed by atoms with Crippen LogP contribution in [0.15, 0.2) is 64.4 Å². The number of carbonyl (C=O) groups is 1. The molecule has 0 aliphatic carbocycles. The molecule has 2 aromatic carbocycles. The SMILES string of the molecule is O=C(CSc1ccc(F)cc1)NCCCSc1ccccc1. The molecule has 0 aliphatic rings. The van der Waals surface area contributed by atoms with Crippen molar-refractivity contribution in [2.45, 2.75) is 16.2 Å². The topological polar surface area (TPSA) is 29.1 Å². The zero-order chi connectivity index (χ0) is 15.6. The van der Waals surface area contributed by atoms with E-state index < -0.39 is 0 Å². The van der Waals surface area contributed by atoms with Crippen molar-refractivity contribution in [3.05, 3.63) is 60.4 Å². The highest BCUT2D eigenvalue weighted by Crippen LogP contribution is 2.18. The van der Waals surface area contributed by atoms with Crippen molar-refractivity contribution in [2.24, 2.45) is 0 Å². The Kier molecular flexibility index (Phi) is 7.33. The monoisotopic (exact) mass is 335 g/mol. The van der Waals surface area contributed by atoms with Gasteiger partial charge in [-0.25, -0.2) is 4.39 Å². The molecule has 0 aliphatic heterocycles. The molecule has 0 fully saturated rings. The highest BCUT2D eigenvalue weighted by molar-refractivity contribution is 8.00. The summed E-state index contributed by atoms with van der Waals surface area (Å²) in [5.41, 5.74) is 0. The standard InChI is InChI=1S/C17H18FNOS2/c18-14-7-9-16(10-8-14)22-13-17(20)19-11-4-12-21-15-5-2-1-3-6-15/h1-3,5-10H,4,11-13H2,(H,19,20). The molecule has 0 saturated carbocycles. The van der Waals surface area contributed by atoms with Gasteiger partial charge >= 0.3 is 0 Å². The maximum absolute atomic E-state index is 12.8. The first-order chi connectivity index (χ1) is 10.7. The van der Waals surface area contributed by atoms with E-state index in [0.717, 1.165) is 17.1 Å². The van der Waals surface area contributed by atoms with Gasteiger partial charge in [0.25, 0.3) is 0 Å². The minimum atomic E-state index is -0.260. The lowest BCUT2D eigenvalue weighted by Crippen LogP contribution is -2.26. The van der Waals surface area contributed by atoms with E-state index in [2.05, 4.69) is 17.4 Å². The van der Waals surface area contributed by atoms with Crippen molar-refractivity contribution in [3.63, 3.8) is 0 Å². The summed E-state index contributed by atoms with van der Waals surface area (Å²) in [6, 6.07) is 16.4. The Morgan fingerprint density at radius 3 is 2.36 bits per heavy atom. The summed E-state index contributed by atoms with van der Waals surface area (Å²) >= 11 is 3.21. The average Bonchev–Trinajstić information content (AvgIpc) is 2.55. The quantitative estimate of drug-likeness (QED) is 0.578. The fraction of sp³-hybridized carbons (Fsp3) is 0.235. The second kappa shape index (κ2) is 9.54. The molecule has 0 aromatic heterocycles. The first-order valence-corrected chi connectivity index (χ1v) is 9.04. The molecule has 0 atom stereocenters. The first-order valence-electron chi connectivity index (χ1n) is 7.07. The normalized spacial score (nSPS) is 10.4. The molecule has 1 amide bonds. The summed E-state index contributed by atoms with van der Waals surface area (Å²) in [5.74, 6) is 1.09. The van der Waals surface area contributed by atoms with Crippen LogP contribution in [-0.2, 0) is 4.79 Å². The van der Waals surface area contributed by atoms with Crippen molar-refractivity contribution in [1.82, 2.24) is 5.32 Å². The van der Waals surface area contributed by atoms with Crippen LogP contribution in [0.1, 0.15) is 6.42 Å². The lowest BCUT2D eigenvalue weighted by Gasteiger charge is -2.05. The van der Waals surface area contributed by atoms with E-state index in [1.807, 2.05) is 18.2 Å². The van der Waals surface area contributed by atoms with Gasteiger partial charge in [-0.15, -0.1) is 23.5 Å². The van der Waals surface area contributed by atoms with Gasteiger partial charge in [0.15, 0.2) is 0 Å². The molecule has 116 valence electrons. The second-order valence-electron chi connectivity index (χ2n) is 4.61. The third-order valence-corrected chi connectivity index (χ3v) is 4.95. The van der Waals surface area contributed by atoms with Crippen LogP contribution in [0.25, 0.3) is 0 Å². The molecule has 0 unspecified atom stereocenters. The van der Waals surface area contributed by atoms with Crippen LogP contribution in [0, 0.1) is 5.82 Å². The van der Waals surface area contributed by atoms with Gasteiger partial charge in [0.2, 0.25) is 5.91 Å². The van der Waals surface area contributed by atoms with Crippen LogP contribution < -0.4 is 5.32 Å². The smallest absolute Gasteiger partial charge is 0.230 e. The fourth-order valence-corrected chi connectivity index (χ4v) is 3.34. The number of halogens is 1. The lowest BCUT2D eigenvalue weighted by molar-refractivity contribution is -0.118. The molecule has 2 aromatic rings. The molecule has 0 bridgehead atoms. The number of amides is 1. The molecule has 22 heavy (non-hydrogen) atoms. The zero-order valence-electron chi connectivity index (χ0n) is 12.1. The number of hydrogen-bond acceptors (Lipinski definition) is 3. The number of carbonyl (C=O) groups excluding carboxylic acids is 1. The summed E-state index contributed by atoms with van der Waals surface area (Å²) in [4.78, 5) is 13.9. The van der Waals surface area contributed by atoms with Crippen LogP contribution in [0.5, 0.6) is 0 Å². The predicted molar refractivity (Wildman–Crippen MR) is 91.9 cm³/mol. The van der Waals surface area contributed by atoms with Crippen molar-refractivity contribution in [2.75, 3.05) is 18.1 Å². The van der Waals surface area contributed by atoms with E-state index in [-0.39, 0.29) is 11.7 Å². The number of benzene rings is 2. The number of thioether (sulfide) groups is 2. The average molecular weight is 335 g/mol. The van der Waals surface area contributed by atoms with Gasteiger partial charge in [0, 0.05) is 16.3 Å². The van der Waals surface area contributed by atoms with Gasteiger partial charge in [-0.3, -0.25) is 4.79 Å². The van der Waals surface area contributed by atoms with E-state index in [1.165, 1.54) is 28.8 Å². The van der Waals surface area contributed by atoms with Crippen LogP contribution in [-0.4, -0.2) is 24.0 Å². The van der Waals surface area contributed by atoms with E-state index in [4.69, 9.17) is 0 Å². The predicted octanol–water partition coefficient (Wildman–Crippen LogP) is 4.22. The third-order valence-electron chi connectivity index (χ3n) is 2.84. The molecule has 2 rings (SSSR count). The lowest BCUT2D eigenvalue weighted by atomic mass is 10.4. The summed E-state index contributed by atoms with van der Waals surface area (Å²) < 4.78 is 12.8. The minimum Gasteiger partial charge on any atom is -0.355 e. The maximum Gasteiger partial charge on any atom is 0.230 e. The Morgan fingerprint density at radius 1 is 0.955 bits per heavy atom. The highest BCUT2D eigenvalue weighted by Gasteiger charge is 2.02. The van der Waals surface area contributed by atoms with Crippen LogP contribution in [0.3, 0.4) is 0 Å². The molecule has 0 spiro atoms. The number of hydrogen-bond donors (Lipinski definition) is 1. The second-order valence-corrected chi connectivity index (χ2v) is 6.82. The van der Waals surface area contributed by atoms with E-state index >= 15 is 0 Å². The Balaban J connectivity index is 1.55. The van der Waals surface area contributed by atoms with Gasteiger partial charge in [-0.2, -0.15) is 0 Å². The zero-order valence-corrected chi connectivity index (χ0v) is 13.8. The van der Waals surface area contributed by atoms with Crippen LogP contribution in [0.2, 0.25) is 0 Å². The molecule has 2 nitrogen and oxygen atoms in total. The molecule has 0 saturated heterocycles. The molecule has 0 heterocycles. The largest absolute Gasteiger partial charge is 0.355 e. The van der Waals surface area contributed by atoms with Gasteiger partial charge in [-0.1, -0.05) is 18.2 Å². The van der Waals surface area contributed by atoms with Crippen molar-refractivity contribution in [1.29, 1.82) is 0 Å². The van der Waals surface area contributed by atoms with Crippen molar-refractivity contribution in [3.8, 4) is 0 Å². The van der Waals surface area contributed by atoms with Crippen LogP contribution >= 0.6 is 23.5 Å². The Morgan fingerprint density at radius 2 is 1.64 bits per heavy atom. The maximum atomic E-state index is 12.8. The molecular formula is C17H18FNOS2. The molecular weight excluding hydrogens is 317 g/mol. The van der Waals surface area contributed by atoms with Gasteiger partial charge in [0.1, 0.15) is 5.82 Å². The van der Waals surface area contributed by atoms with E-state index in [9.17, 15) is 9.18 Å². The molecule has 5 heteroatoms. The van der Waals surface area contributed by atoms with Gasteiger partial charge in [0.05, 0.1) is 5.75 Å². The Labute approximate surface area is 138 Å². The summed E-state index contributed by atoms with van der Waals surface area (Å²) in [6.45, 7) is 0.683. The summed E-state index contributed by atoms with van der Waals surface area (Å²) in [7, 11) is 0. The van der Waals surface area contributed by atoms with Gasteiger partial charge < -0.3 is 5.32 Å². The summed E-state index contributed by atoms with van der Waals surface area (Å²) in [6.07, 6.45) is 0.937. The molecule has 1 N–H and O–H groups in total. The third kappa shape index (κ3) is 6.54. The minimum absolute atomic E-state index is 0.0130. The van der Waals surface area contributed by atoms with E-state index in [0.29, 0.717) is 12.3 Å². The van der Waals surface area contributed by atoms with Crippen LogP contribution in [0.4, 0.5) is 4.39 Å². The Hall–Kier alpha value is -1.46. The van der Waals surface area contributed by atoms with Gasteiger partial charge in [-0.05, 0) is 48.6 Å². The first kappa shape index (κ1) is 16.9. The van der Waals surface area contributed by atoms with Crippen molar-refractivity contribution >= 4 is 29.4 Å². The fourth-order valence-electron chi connectivity index (χ4n) is 1.74. The van der Waals surface area contributed by atoms with Crippen molar-refractivity contribution < 1.29 is 9.18 Å². The number of rotatable bonds is 8. The van der Waals surface area contributed by atoms with E-state index in [1.54, 1.807) is 23.9 Å². The number of nitrogens with one attached hydrogen (secondary N) is 1. The summed E-state index contributed by atoms with van der Waals surface area (Å²) in [5, 5.41) is 2.90. The molecule has 0 radical (unpaired) electrons. The highest BCUT2D eigenvalue weighted by atomic mass is 32.2. The Bertz CT molecular complexity index is 575.